The van der Waals surface area contributed by atoms with Crippen LogP contribution in [0.3, 0.4) is 0 Å². The zero-order chi connectivity index (χ0) is 15.1. The van der Waals surface area contributed by atoms with Gasteiger partial charge in [-0.3, -0.25) is 0 Å². The van der Waals surface area contributed by atoms with Crippen LogP contribution in [-0.4, -0.2) is 12.6 Å². The van der Waals surface area contributed by atoms with Crippen molar-refractivity contribution >= 4 is 5.97 Å². The van der Waals surface area contributed by atoms with Gasteiger partial charge < -0.3 is 4.74 Å². The summed E-state index contributed by atoms with van der Waals surface area (Å²) in [5.41, 5.74) is 2.49. The topological polar surface area (TPSA) is 55.7 Å². The van der Waals surface area contributed by atoms with Gasteiger partial charge in [-0.2, -0.15) is 4.91 Å². The molecule has 2 aromatic rings. The third-order valence-electron chi connectivity index (χ3n) is 3.25. The molecule has 0 aliphatic heterocycles. The minimum atomic E-state index is -0.338. The van der Waals surface area contributed by atoms with Crippen LogP contribution in [0.25, 0.3) is 0 Å². The first kappa shape index (κ1) is 14.9. The minimum absolute atomic E-state index is 0.314. The summed E-state index contributed by atoms with van der Waals surface area (Å²) < 4.78 is 5.22. The van der Waals surface area contributed by atoms with Gasteiger partial charge >= 0.3 is 5.97 Å². The Labute approximate surface area is 123 Å². The number of hydrogen-bond acceptors (Lipinski definition) is 4. The fraction of sp³-hybridized carbons (Fsp3) is 0.235. The average molecular weight is 283 g/mol. The fourth-order valence-corrected chi connectivity index (χ4v) is 1.94. The number of benzene rings is 2. The summed E-state index contributed by atoms with van der Waals surface area (Å²) >= 11 is 0. The molecule has 0 aliphatic rings. The molecule has 0 saturated heterocycles. The largest absolute Gasteiger partial charge is 0.462 e. The molecule has 0 fully saturated rings. The van der Waals surface area contributed by atoms with Crippen LogP contribution in [0.1, 0.15) is 34.5 Å². The standard InChI is InChI=1S/C17H17NO3/c1-13(18-20)15-9-7-14(8-10-15)11-12-21-17(19)16-5-3-2-4-6-16/h2-10,13H,11-12H2,1H3. The summed E-state index contributed by atoms with van der Waals surface area (Å²) in [5, 5.41) is 2.99. The van der Waals surface area contributed by atoms with Crippen molar-refractivity contribution in [2.45, 2.75) is 19.4 Å². The van der Waals surface area contributed by atoms with E-state index >= 15 is 0 Å². The Morgan fingerprint density at radius 1 is 1.10 bits per heavy atom. The molecule has 0 spiro atoms. The molecule has 0 saturated carbocycles. The number of nitroso groups, excluding NO2 is 1. The molecule has 0 aliphatic carbocycles. The zero-order valence-electron chi connectivity index (χ0n) is 11.9. The van der Waals surface area contributed by atoms with Crippen LogP contribution >= 0.6 is 0 Å². The van der Waals surface area contributed by atoms with Crippen molar-refractivity contribution in [3.63, 3.8) is 0 Å². The average Bonchev–Trinajstić information content (AvgIpc) is 2.55. The molecule has 0 amide bonds. The maximum Gasteiger partial charge on any atom is 0.338 e. The first-order chi connectivity index (χ1) is 10.2. The molecule has 4 nitrogen and oxygen atoms in total. The van der Waals surface area contributed by atoms with E-state index in [1.807, 2.05) is 30.3 Å². The van der Waals surface area contributed by atoms with E-state index in [1.165, 1.54) is 0 Å². The van der Waals surface area contributed by atoms with Crippen molar-refractivity contribution in [1.29, 1.82) is 0 Å². The number of hydrogen-bond donors (Lipinski definition) is 0. The summed E-state index contributed by atoms with van der Waals surface area (Å²) in [6, 6.07) is 16.2. The molecule has 2 rings (SSSR count). The van der Waals surface area contributed by atoms with Gasteiger partial charge in [-0.15, -0.1) is 0 Å². The predicted octanol–water partition coefficient (Wildman–Crippen LogP) is 3.91. The Bertz CT molecular complexity index is 593. The van der Waals surface area contributed by atoms with Gasteiger partial charge in [0, 0.05) is 6.42 Å². The molecule has 2 aromatic carbocycles. The maximum atomic E-state index is 11.7. The summed E-state index contributed by atoms with van der Waals surface area (Å²) in [5.74, 6) is -0.314. The Morgan fingerprint density at radius 2 is 1.76 bits per heavy atom. The zero-order valence-corrected chi connectivity index (χ0v) is 11.9. The number of carbonyl (C=O) groups excluding carboxylic acids is 1. The predicted molar refractivity (Wildman–Crippen MR) is 81.1 cm³/mol. The van der Waals surface area contributed by atoms with E-state index in [0.29, 0.717) is 18.6 Å². The van der Waals surface area contributed by atoms with Gasteiger partial charge in [-0.25, -0.2) is 4.79 Å². The van der Waals surface area contributed by atoms with E-state index in [-0.39, 0.29) is 12.0 Å². The SMILES string of the molecule is CC(N=O)c1ccc(CCOC(=O)c2ccccc2)cc1. The lowest BCUT2D eigenvalue weighted by molar-refractivity contribution is 0.0509. The molecule has 0 N–H and O–H groups in total. The number of nitrogens with zero attached hydrogens (tertiary/aromatic N) is 1. The van der Waals surface area contributed by atoms with Gasteiger partial charge in [-0.05, 0) is 30.2 Å². The van der Waals surface area contributed by atoms with Crippen LogP contribution in [0.2, 0.25) is 0 Å². The summed E-state index contributed by atoms with van der Waals surface area (Å²) in [6.45, 7) is 2.08. The highest BCUT2D eigenvalue weighted by atomic mass is 16.5. The highest BCUT2D eigenvalue weighted by Crippen LogP contribution is 2.16. The van der Waals surface area contributed by atoms with Gasteiger partial charge in [-0.1, -0.05) is 47.6 Å². The Kier molecular flexibility index (Phi) is 5.21. The van der Waals surface area contributed by atoms with Crippen molar-refractivity contribution in [1.82, 2.24) is 0 Å². The summed E-state index contributed by atoms with van der Waals surface area (Å²) in [4.78, 5) is 22.2. The Hall–Kier alpha value is -2.49. The summed E-state index contributed by atoms with van der Waals surface area (Å²) in [7, 11) is 0. The third-order valence-corrected chi connectivity index (χ3v) is 3.25. The first-order valence-corrected chi connectivity index (χ1v) is 6.84. The highest BCUT2D eigenvalue weighted by molar-refractivity contribution is 5.89. The normalized spacial score (nSPS) is 11.7. The van der Waals surface area contributed by atoms with Crippen LogP contribution in [-0.2, 0) is 11.2 Å². The number of esters is 1. The monoisotopic (exact) mass is 283 g/mol. The van der Waals surface area contributed by atoms with Crippen LogP contribution < -0.4 is 0 Å². The van der Waals surface area contributed by atoms with Gasteiger partial charge in [0.2, 0.25) is 0 Å². The van der Waals surface area contributed by atoms with Crippen molar-refractivity contribution in [3.8, 4) is 0 Å². The fourth-order valence-electron chi connectivity index (χ4n) is 1.94. The van der Waals surface area contributed by atoms with Crippen LogP contribution in [0, 0.1) is 4.91 Å². The third kappa shape index (κ3) is 4.24. The Morgan fingerprint density at radius 3 is 2.38 bits per heavy atom. The van der Waals surface area contributed by atoms with Crippen molar-refractivity contribution in [2.24, 2.45) is 5.18 Å². The molecule has 21 heavy (non-hydrogen) atoms. The molecular formula is C17H17NO3. The highest BCUT2D eigenvalue weighted by Gasteiger charge is 2.07. The lowest BCUT2D eigenvalue weighted by Crippen LogP contribution is -2.08. The van der Waals surface area contributed by atoms with E-state index in [2.05, 4.69) is 5.18 Å². The van der Waals surface area contributed by atoms with Gasteiger partial charge in [0.1, 0.15) is 6.04 Å². The number of carbonyl (C=O) groups is 1. The molecule has 0 heterocycles. The number of ether oxygens (including phenoxy) is 1. The summed E-state index contributed by atoms with van der Waals surface area (Å²) in [6.07, 6.45) is 0.641. The molecule has 108 valence electrons. The van der Waals surface area contributed by atoms with Crippen molar-refractivity contribution in [3.05, 3.63) is 76.2 Å². The van der Waals surface area contributed by atoms with Crippen molar-refractivity contribution < 1.29 is 9.53 Å². The lowest BCUT2D eigenvalue weighted by Gasteiger charge is -2.07. The van der Waals surface area contributed by atoms with Crippen LogP contribution in [0.15, 0.2) is 59.8 Å². The second kappa shape index (κ2) is 7.33. The van der Waals surface area contributed by atoms with E-state index in [1.54, 1.807) is 31.2 Å². The molecule has 0 radical (unpaired) electrons. The molecule has 0 aromatic heterocycles. The molecule has 0 bridgehead atoms. The van der Waals surface area contributed by atoms with E-state index < -0.39 is 0 Å². The minimum Gasteiger partial charge on any atom is -0.462 e. The second-order valence-electron chi connectivity index (χ2n) is 4.77. The van der Waals surface area contributed by atoms with E-state index in [0.717, 1.165) is 11.1 Å². The quantitative estimate of drug-likeness (QED) is 0.596. The first-order valence-electron chi connectivity index (χ1n) is 6.84. The van der Waals surface area contributed by atoms with Gasteiger partial charge in [0.15, 0.2) is 0 Å². The lowest BCUT2D eigenvalue weighted by atomic mass is 10.1. The van der Waals surface area contributed by atoms with Gasteiger partial charge in [0.05, 0.1) is 12.2 Å². The van der Waals surface area contributed by atoms with E-state index in [4.69, 9.17) is 4.74 Å². The van der Waals surface area contributed by atoms with Crippen LogP contribution in [0.4, 0.5) is 0 Å². The number of rotatable bonds is 6. The Balaban J connectivity index is 1.83. The molecule has 1 atom stereocenters. The van der Waals surface area contributed by atoms with Crippen molar-refractivity contribution in [2.75, 3.05) is 6.61 Å². The maximum absolute atomic E-state index is 11.7. The molecular weight excluding hydrogens is 266 g/mol. The molecule has 4 heteroatoms. The van der Waals surface area contributed by atoms with E-state index in [9.17, 15) is 9.70 Å². The smallest absolute Gasteiger partial charge is 0.338 e. The van der Waals surface area contributed by atoms with Gasteiger partial charge in [0.25, 0.3) is 0 Å². The second-order valence-corrected chi connectivity index (χ2v) is 4.77. The van der Waals surface area contributed by atoms with Crippen LogP contribution in [0.5, 0.6) is 0 Å². The molecule has 1 unspecified atom stereocenters.